The molecular formula is C21H19N3O4. The van der Waals surface area contributed by atoms with Gasteiger partial charge < -0.3 is 4.74 Å². The Balaban J connectivity index is 2.18. The highest BCUT2D eigenvalue weighted by atomic mass is 16.6. The quantitative estimate of drug-likeness (QED) is 0.364. The molecule has 0 amide bonds. The Morgan fingerprint density at radius 1 is 1.07 bits per heavy atom. The van der Waals surface area contributed by atoms with Crippen molar-refractivity contribution in [3.05, 3.63) is 76.0 Å². The van der Waals surface area contributed by atoms with Gasteiger partial charge in [-0.1, -0.05) is 42.5 Å². The molecule has 0 saturated carbocycles. The van der Waals surface area contributed by atoms with Crippen LogP contribution in [0, 0.1) is 17.0 Å². The molecule has 1 heterocycles. The summed E-state index contributed by atoms with van der Waals surface area (Å²) in [5.41, 5.74) is 3.04. The molecule has 3 rings (SSSR count). The SMILES string of the molecule is CCOC(=O)Cc1c(C)nc(-c2ccccc2)nc1-c1cccc([N+](=O)[O-])c1. The first kappa shape index (κ1) is 19.2. The second-order valence-corrected chi connectivity index (χ2v) is 6.12. The van der Waals surface area contributed by atoms with Gasteiger partial charge in [-0.3, -0.25) is 14.9 Å². The maximum Gasteiger partial charge on any atom is 0.310 e. The third kappa shape index (κ3) is 4.20. The van der Waals surface area contributed by atoms with Crippen molar-refractivity contribution >= 4 is 11.7 Å². The van der Waals surface area contributed by atoms with Crippen LogP contribution in [0.1, 0.15) is 18.2 Å². The van der Waals surface area contributed by atoms with Crippen molar-refractivity contribution in [2.24, 2.45) is 0 Å². The van der Waals surface area contributed by atoms with Crippen LogP contribution in [-0.2, 0) is 16.0 Å². The Labute approximate surface area is 162 Å². The molecule has 0 radical (unpaired) electrons. The van der Waals surface area contributed by atoms with Gasteiger partial charge in [0.05, 0.1) is 23.6 Å². The first-order valence-corrected chi connectivity index (χ1v) is 8.83. The minimum atomic E-state index is -0.458. The maximum absolute atomic E-state index is 12.1. The molecule has 0 atom stereocenters. The average Bonchev–Trinajstić information content (AvgIpc) is 2.70. The molecule has 2 aromatic carbocycles. The monoisotopic (exact) mass is 377 g/mol. The number of non-ortho nitro benzene ring substituents is 1. The number of hydrogen-bond acceptors (Lipinski definition) is 6. The summed E-state index contributed by atoms with van der Waals surface area (Å²) in [6.07, 6.45) is -0.00717. The Hall–Kier alpha value is -3.61. The van der Waals surface area contributed by atoms with Gasteiger partial charge in [-0.15, -0.1) is 0 Å². The minimum absolute atomic E-state index is 0.00717. The van der Waals surface area contributed by atoms with Crippen molar-refractivity contribution in [3.63, 3.8) is 0 Å². The van der Waals surface area contributed by atoms with Crippen molar-refractivity contribution in [1.82, 2.24) is 9.97 Å². The lowest BCUT2D eigenvalue weighted by Crippen LogP contribution is -2.12. The fourth-order valence-corrected chi connectivity index (χ4v) is 2.89. The van der Waals surface area contributed by atoms with E-state index in [1.54, 1.807) is 26.0 Å². The Morgan fingerprint density at radius 3 is 2.46 bits per heavy atom. The number of aryl methyl sites for hydroxylation is 1. The number of esters is 1. The van der Waals surface area contributed by atoms with Crippen LogP contribution in [0.3, 0.4) is 0 Å². The molecule has 7 heteroatoms. The Bertz CT molecular complexity index is 1020. The highest BCUT2D eigenvalue weighted by Gasteiger charge is 2.19. The molecule has 0 unspecified atom stereocenters. The first-order valence-electron chi connectivity index (χ1n) is 8.83. The van der Waals surface area contributed by atoms with Crippen LogP contribution in [0.2, 0.25) is 0 Å². The van der Waals surface area contributed by atoms with Crippen molar-refractivity contribution < 1.29 is 14.5 Å². The fraction of sp³-hybridized carbons (Fsp3) is 0.190. The van der Waals surface area contributed by atoms with Gasteiger partial charge in [0, 0.05) is 34.5 Å². The van der Waals surface area contributed by atoms with E-state index in [1.807, 2.05) is 30.3 Å². The molecule has 7 nitrogen and oxygen atoms in total. The van der Waals surface area contributed by atoms with E-state index in [-0.39, 0.29) is 18.7 Å². The summed E-state index contributed by atoms with van der Waals surface area (Å²) in [6.45, 7) is 3.80. The van der Waals surface area contributed by atoms with Gasteiger partial charge in [0.25, 0.3) is 5.69 Å². The van der Waals surface area contributed by atoms with E-state index in [1.165, 1.54) is 12.1 Å². The molecule has 28 heavy (non-hydrogen) atoms. The van der Waals surface area contributed by atoms with Crippen LogP contribution in [0.25, 0.3) is 22.6 Å². The number of ether oxygens (including phenoxy) is 1. The van der Waals surface area contributed by atoms with Crippen LogP contribution in [-0.4, -0.2) is 27.5 Å². The van der Waals surface area contributed by atoms with E-state index in [9.17, 15) is 14.9 Å². The molecule has 1 aromatic heterocycles. The number of carbonyl (C=O) groups is 1. The van der Waals surface area contributed by atoms with Crippen LogP contribution >= 0.6 is 0 Å². The summed E-state index contributed by atoms with van der Waals surface area (Å²) < 4.78 is 5.07. The average molecular weight is 377 g/mol. The van der Waals surface area contributed by atoms with Crippen molar-refractivity contribution in [2.75, 3.05) is 6.61 Å². The van der Waals surface area contributed by atoms with Gasteiger partial charge in [-0.2, -0.15) is 0 Å². The van der Waals surface area contributed by atoms with Gasteiger partial charge in [-0.05, 0) is 13.8 Å². The molecule has 0 N–H and O–H groups in total. The molecule has 0 aliphatic carbocycles. The predicted molar refractivity (Wildman–Crippen MR) is 105 cm³/mol. The summed E-state index contributed by atoms with van der Waals surface area (Å²) in [4.78, 5) is 32.0. The van der Waals surface area contributed by atoms with Crippen LogP contribution in [0.4, 0.5) is 5.69 Å². The Kier molecular flexibility index (Phi) is 5.74. The lowest BCUT2D eigenvalue weighted by molar-refractivity contribution is -0.384. The lowest BCUT2D eigenvalue weighted by Gasteiger charge is -2.13. The second-order valence-electron chi connectivity index (χ2n) is 6.12. The smallest absolute Gasteiger partial charge is 0.310 e. The zero-order chi connectivity index (χ0) is 20.1. The topological polar surface area (TPSA) is 95.2 Å². The zero-order valence-electron chi connectivity index (χ0n) is 15.6. The van der Waals surface area contributed by atoms with Crippen LogP contribution in [0.5, 0.6) is 0 Å². The number of nitro groups is 1. The highest BCUT2D eigenvalue weighted by Crippen LogP contribution is 2.29. The lowest BCUT2D eigenvalue weighted by atomic mass is 10.0. The van der Waals surface area contributed by atoms with Gasteiger partial charge in [0.1, 0.15) is 0 Å². The number of hydrogen-bond donors (Lipinski definition) is 0. The van der Waals surface area contributed by atoms with Crippen molar-refractivity contribution in [2.45, 2.75) is 20.3 Å². The van der Waals surface area contributed by atoms with Crippen molar-refractivity contribution in [1.29, 1.82) is 0 Å². The Morgan fingerprint density at radius 2 is 1.79 bits per heavy atom. The molecule has 0 bridgehead atoms. The number of benzene rings is 2. The van der Waals surface area contributed by atoms with Gasteiger partial charge in [-0.25, -0.2) is 9.97 Å². The number of aromatic nitrogens is 2. The van der Waals surface area contributed by atoms with Gasteiger partial charge in [0.15, 0.2) is 5.82 Å². The molecule has 0 spiro atoms. The molecule has 0 fully saturated rings. The molecule has 0 aliphatic heterocycles. The van der Waals surface area contributed by atoms with Crippen molar-refractivity contribution in [3.8, 4) is 22.6 Å². The summed E-state index contributed by atoms with van der Waals surface area (Å²) in [5, 5.41) is 11.2. The number of nitrogens with zero attached hydrogens (tertiary/aromatic N) is 3. The summed E-state index contributed by atoms with van der Waals surface area (Å²) >= 11 is 0. The summed E-state index contributed by atoms with van der Waals surface area (Å²) in [5.74, 6) is 0.0977. The predicted octanol–water partition coefficient (Wildman–Crippen LogP) is 4.13. The molecule has 0 saturated heterocycles. The summed E-state index contributed by atoms with van der Waals surface area (Å²) in [7, 11) is 0. The number of carbonyl (C=O) groups excluding carboxylic acids is 1. The third-order valence-corrected chi connectivity index (χ3v) is 4.20. The molecule has 3 aromatic rings. The largest absolute Gasteiger partial charge is 0.466 e. The van der Waals surface area contributed by atoms with E-state index in [2.05, 4.69) is 9.97 Å². The molecule has 0 aliphatic rings. The maximum atomic E-state index is 12.1. The van der Waals surface area contributed by atoms with E-state index in [0.717, 1.165) is 5.56 Å². The highest BCUT2D eigenvalue weighted by molar-refractivity contribution is 5.78. The number of rotatable bonds is 6. The normalized spacial score (nSPS) is 10.5. The number of nitro benzene ring substituents is 1. The first-order chi connectivity index (χ1) is 13.5. The van der Waals surface area contributed by atoms with E-state index < -0.39 is 10.9 Å². The standard InChI is InChI=1S/C21H19N3O4/c1-3-28-19(25)13-18-14(2)22-21(15-8-5-4-6-9-15)23-20(18)16-10-7-11-17(12-16)24(26)27/h4-12H,3,13H2,1-2H3. The van der Waals surface area contributed by atoms with Crippen LogP contribution < -0.4 is 0 Å². The molecular weight excluding hydrogens is 358 g/mol. The zero-order valence-corrected chi connectivity index (χ0v) is 15.6. The second kappa shape index (κ2) is 8.39. The van der Waals surface area contributed by atoms with E-state index >= 15 is 0 Å². The van der Waals surface area contributed by atoms with E-state index in [0.29, 0.717) is 28.3 Å². The van der Waals surface area contributed by atoms with Gasteiger partial charge >= 0.3 is 5.97 Å². The van der Waals surface area contributed by atoms with Gasteiger partial charge in [0.2, 0.25) is 0 Å². The van der Waals surface area contributed by atoms with Crippen LogP contribution in [0.15, 0.2) is 54.6 Å². The minimum Gasteiger partial charge on any atom is -0.466 e. The summed E-state index contributed by atoms with van der Waals surface area (Å²) in [6, 6.07) is 15.6. The molecule has 142 valence electrons. The third-order valence-electron chi connectivity index (χ3n) is 4.20. The van der Waals surface area contributed by atoms with E-state index in [4.69, 9.17) is 4.74 Å². The fourth-order valence-electron chi connectivity index (χ4n) is 2.89.